The van der Waals surface area contributed by atoms with Gasteiger partial charge in [-0.05, 0) is 52.3 Å². The number of amides is 1. The molecule has 2 aromatic heterocycles. The summed E-state index contributed by atoms with van der Waals surface area (Å²) in [6.45, 7) is 11.1. The van der Waals surface area contributed by atoms with Crippen molar-refractivity contribution in [1.82, 2.24) is 20.0 Å². The summed E-state index contributed by atoms with van der Waals surface area (Å²) in [5, 5.41) is 5.98. The zero-order valence-electron chi connectivity index (χ0n) is 17.6. The van der Waals surface area contributed by atoms with Gasteiger partial charge in [0.15, 0.2) is 5.16 Å². The van der Waals surface area contributed by atoms with Crippen LogP contribution >= 0.6 is 11.8 Å². The molecule has 0 saturated carbocycles. The summed E-state index contributed by atoms with van der Waals surface area (Å²) < 4.78 is 2.31. The van der Waals surface area contributed by atoms with Crippen LogP contribution in [-0.2, 0) is 11.3 Å². The standard InChI is InChI=1S/C22H27N5OS/c1-6-9-27-17(5)19(18-10-14(2)7-8-20(18)27)12-23-26-21(28)13-29-22-24-15(3)11-16(4)25-22/h7-8,10-12H,6,9,13H2,1-5H3,(H,26,28)/b23-12+. The lowest BCUT2D eigenvalue weighted by atomic mass is 10.1. The average molecular weight is 410 g/mol. The molecule has 0 unspecified atom stereocenters. The lowest BCUT2D eigenvalue weighted by molar-refractivity contribution is -0.118. The fourth-order valence-corrected chi connectivity index (χ4v) is 4.13. The maximum atomic E-state index is 12.2. The number of nitrogens with one attached hydrogen (secondary N) is 1. The van der Waals surface area contributed by atoms with Gasteiger partial charge in [0.2, 0.25) is 0 Å². The lowest BCUT2D eigenvalue weighted by Gasteiger charge is -2.06. The molecule has 3 rings (SSSR count). The summed E-state index contributed by atoms with van der Waals surface area (Å²) in [5.74, 6) is 0.0377. The summed E-state index contributed by atoms with van der Waals surface area (Å²) in [5.41, 5.74) is 9.02. The topological polar surface area (TPSA) is 72.2 Å². The number of hydrazone groups is 1. The van der Waals surface area contributed by atoms with Crippen molar-refractivity contribution in [2.45, 2.75) is 52.7 Å². The summed E-state index contributed by atoms with van der Waals surface area (Å²) in [4.78, 5) is 20.9. The minimum absolute atomic E-state index is 0.180. The van der Waals surface area contributed by atoms with Gasteiger partial charge in [-0.1, -0.05) is 30.3 Å². The molecule has 0 spiro atoms. The van der Waals surface area contributed by atoms with Gasteiger partial charge in [0.05, 0.1) is 12.0 Å². The Hall–Kier alpha value is -2.67. The predicted octanol–water partition coefficient (Wildman–Crippen LogP) is 4.32. The molecule has 0 bridgehead atoms. The van der Waals surface area contributed by atoms with Gasteiger partial charge in [0, 0.05) is 40.1 Å². The van der Waals surface area contributed by atoms with Crippen molar-refractivity contribution in [3.63, 3.8) is 0 Å². The normalized spacial score (nSPS) is 11.5. The number of carbonyl (C=O) groups is 1. The summed E-state index contributed by atoms with van der Waals surface area (Å²) in [7, 11) is 0. The Morgan fingerprint density at radius 1 is 1.17 bits per heavy atom. The Balaban J connectivity index is 1.71. The lowest BCUT2D eigenvalue weighted by Crippen LogP contribution is -2.20. The quantitative estimate of drug-likeness (QED) is 0.273. The molecule has 0 radical (unpaired) electrons. The van der Waals surface area contributed by atoms with Crippen molar-refractivity contribution in [3.8, 4) is 0 Å². The fraction of sp³-hybridized carbons (Fsp3) is 0.364. The number of carbonyl (C=O) groups excluding carboxylic acids is 1. The Kier molecular flexibility index (Phi) is 6.69. The van der Waals surface area contributed by atoms with Gasteiger partial charge in [-0.15, -0.1) is 0 Å². The van der Waals surface area contributed by atoms with E-state index in [4.69, 9.17) is 0 Å². The monoisotopic (exact) mass is 409 g/mol. The number of fused-ring (bicyclic) bond motifs is 1. The molecule has 0 aliphatic rings. The van der Waals surface area contributed by atoms with Gasteiger partial charge in [0.1, 0.15) is 0 Å². The second kappa shape index (κ2) is 9.22. The van der Waals surface area contributed by atoms with Crippen LogP contribution in [0.2, 0.25) is 0 Å². The van der Waals surface area contributed by atoms with Crippen LogP contribution in [0.1, 0.15) is 41.6 Å². The molecule has 2 heterocycles. The molecule has 3 aromatic rings. The first-order chi connectivity index (χ1) is 13.9. The van der Waals surface area contributed by atoms with Crippen molar-refractivity contribution < 1.29 is 4.79 Å². The highest BCUT2D eigenvalue weighted by molar-refractivity contribution is 7.99. The number of benzene rings is 1. The average Bonchev–Trinajstić information content (AvgIpc) is 2.91. The van der Waals surface area contributed by atoms with Gasteiger partial charge in [-0.2, -0.15) is 5.10 Å². The third kappa shape index (κ3) is 5.03. The SMILES string of the molecule is CCCn1c(C)c(/C=N/NC(=O)CSc2nc(C)cc(C)n2)c2cc(C)ccc21. The van der Waals surface area contributed by atoms with E-state index in [1.807, 2.05) is 19.9 Å². The molecule has 152 valence electrons. The molecule has 0 saturated heterocycles. The summed E-state index contributed by atoms with van der Waals surface area (Å²) in [6.07, 6.45) is 2.81. The molecule has 7 heteroatoms. The number of thioether (sulfide) groups is 1. The predicted molar refractivity (Wildman–Crippen MR) is 120 cm³/mol. The molecular formula is C22H27N5OS. The van der Waals surface area contributed by atoms with E-state index in [0.29, 0.717) is 5.16 Å². The van der Waals surface area contributed by atoms with E-state index >= 15 is 0 Å². The molecule has 0 aliphatic carbocycles. The maximum Gasteiger partial charge on any atom is 0.250 e. The summed E-state index contributed by atoms with van der Waals surface area (Å²) >= 11 is 1.31. The molecule has 0 atom stereocenters. The highest BCUT2D eigenvalue weighted by atomic mass is 32.2. The van der Waals surface area contributed by atoms with Gasteiger partial charge in [-0.3, -0.25) is 4.79 Å². The first kappa shape index (κ1) is 21.0. The first-order valence-corrected chi connectivity index (χ1v) is 10.7. The second-order valence-electron chi connectivity index (χ2n) is 7.19. The molecule has 1 N–H and O–H groups in total. The van der Waals surface area contributed by atoms with Gasteiger partial charge in [-0.25, -0.2) is 15.4 Å². The van der Waals surface area contributed by atoms with Crippen LogP contribution in [0.5, 0.6) is 0 Å². The number of rotatable bonds is 7. The van der Waals surface area contributed by atoms with Crippen molar-refractivity contribution in [3.05, 3.63) is 52.5 Å². The highest BCUT2D eigenvalue weighted by Gasteiger charge is 2.12. The minimum Gasteiger partial charge on any atom is -0.344 e. The van der Waals surface area contributed by atoms with Crippen LogP contribution in [0.15, 0.2) is 34.5 Å². The third-order valence-electron chi connectivity index (χ3n) is 4.65. The Morgan fingerprint density at radius 2 is 1.90 bits per heavy atom. The van der Waals surface area contributed by atoms with Crippen LogP contribution in [0.3, 0.4) is 0 Å². The van der Waals surface area contributed by atoms with E-state index < -0.39 is 0 Å². The van der Waals surface area contributed by atoms with E-state index in [2.05, 4.69) is 64.0 Å². The number of aryl methyl sites for hydroxylation is 4. The Morgan fingerprint density at radius 3 is 2.59 bits per heavy atom. The zero-order chi connectivity index (χ0) is 21.0. The third-order valence-corrected chi connectivity index (χ3v) is 5.50. The van der Waals surface area contributed by atoms with E-state index in [1.54, 1.807) is 6.21 Å². The van der Waals surface area contributed by atoms with Crippen molar-refractivity contribution >= 4 is 34.8 Å². The number of hydrogen-bond acceptors (Lipinski definition) is 5. The van der Waals surface area contributed by atoms with E-state index in [9.17, 15) is 4.79 Å². The maximum absolute atomic E-state index is 12.2. The second-order valence-corrected chi connectivity index (χ2v) is 8.13. The Bertz CT molecular complexity index is 1050. The Labute approximate surface area is 175 Å². The van der Waals surface area contributed by atoms with Crippen molar-refractivity contribution in [2.24, 2.45) is 5.10 Å². The molecule has 0 fully saturated rings. The van der Waals surface area contributed by atoms with Crippen LogP contribution in [0.4, 0.5) is 0 Å². The molecular weight excluding hydrogens is 382 g/mol. The number of nitrogens with zero attached hydrogens (tertiary/aromatic N) is 4. The molecule has 29 heavy (non-hydrogen) atoms. The van der Waals surface area contributed by atoms with Crippen LogP contribution in [0.25, 0.3) is 10.9 Å². The van der Waals surface area contributed by atoms with E-state index in [0.717, 1.165) is 41.0 Å². The van der Waals surface area contributed by atoms with Crippen molar-refractivity contribution in [1.29, 1.82) is 0 Å². The van der Waals surface area contributed by atoms with Crippen LogP contribution in [0, 0.1) is 27.7 Å². The van der Waals surface area contributed by atoms with Gasteiger partial charge >= 0.3 is 0 Å². The number of aromatic nitrogens is 3. The van der Waals surface area contributed by atoms with E-state index in [-0.39, 0.29) is 11.7 Å². The smallest absolute Gasteiger partial charge is 0.250 e. The summed E-state index contributed by atoms with van der Waals surface area (Å²) in [6, 6.07) is 8.37. The number of hydrogen-bond donors (Lipinski definition) is 1. The van der Waals surface area contributed by atoms with Crippen LogP contribution in [-0.4, -0.2) is 32.4 Å². The minimum atomic E-state index is -0.180. The van der Waals surface area contributed by atoms with Crippen LogP contribution < -0.4 is 5.43 Å². The molecule has 1 aromatic carbocycles. The fourth-order valence-electron chi connectivity index (χ4n) is 3.39. The van der Waals surface area contributed by atoms with Gasteiger partial charge < -0.3 is 4.57 Å². The highest BCUT2D eigenvalue weighted by Crippen LogP contribution is 2.26. The largest absolute Gasteiger partial charge is 0.344 e. The van der Waals surface area contributed by atoms with Gasteiger partial charge in [0.25, 0.3) is 5.91 Å². The zero-order valence-corrected chi connectivity index (χ0v) is 18.4. The molecule has 0 aliphatic heterocycles. The molecule has 1 amide bonds. The first-order valence-electron chi connectivity index (χ1n) is 9.75. The molecule has 6 nitrogen and oxygen atoms in total. The van der Waals surface area contributed by atoms with Crippen molar-refractivity contribution in [2.75, 3.05) is 5.75 Å². The van der Waals surface area contributed by atoms with E-state index in [1.165, 1.54) is 22.8 Å².